The molecule has 0 saturated heterocycles. The molecule has 0 radical (unpaired) electrons. The lowest BCUT2D eigenvalue weighted by Gasteiger charge is -2.04. The molecule has 2 aromatic carbocycles. The first-order chi connectivity index (χ1) is 14.1. The molecule has 0 aliphatic rings. The number of aromatic nitrogens is 3. The predicted molar refractivity (Wildman–Crippen MR) is 114 cm³/mol. The van der Waals surface area contributed by atoms with E-state index in [2.05, 4.69) is 52.5 Å². The number of benzene rings is 2. The Morgan fingerprint density at radius 3 is 2.76 bits per heavy atom. The first-order valence-electron chi connectivity index (χ1n) is 9.29. The molecule has 0 atom stereocenters. The van der Waals surface area contributed by atoms with E-state index in [-0.39, 0.29) is 12.3 Å². The lowest BCUT2D eigenvalue weighted by molar-refractivity contribution is -0.116. The van der Waals surface area contributed by atoms with Crippen molar-refractivity contribution in [1.82, 2.24) is 15.1 Å². The van der Waals surface area contributed by atoms with Gasteiger partial charge in [0.1, 0.15) is 0 Å². The van der Waals surface area contributed by atoms with Crippen LogP contribution in [0.4, 0.5) is 5.13 Å². The molecular formula is C22H20N4O2S. The minimum absolute atomic E-state index is 0.133. The number of anilines is 1. The van der Waals surface area contributed by atoms with E-state index in [9.17, 15) is 4.79 Å². The molecule has 1 N–H and O–H groups in total. The first-order valence-corrected chi connectivity index (χ1v) is 10.2. The molecule has 0 unspecified atom stereocenters. The van der Waals surface area contributed by atoms with Gasteiger partial charge in [-0.05, 0) is 25.5 Å². The number of nitrogens with one attached hydrogen (secondary N) is 1. The molecule has 29 heavy (non-hydrogen) atoms. The topological polar surface area (TPSA) is 80.9 Å². The Morgan fingerprint density at radius 1 is 1.10 bits per heavy atom. The molecule has 4 aromatic rings. The van der Waals surface area contributed by atoms with Crippen LogP contribution in [-0.4, -0.2) is 21.0 Å². The second kappa shape index (κ2) is 8.36. The minimum Gasteiger partial charge on any atom is -0.339 e. The Hall–Kier alpha value is -3.32. The van der Waals surface area contributed by atoms with Crippen molar-refractivity contribution in [2.24, 2.45) is 0 Å². The molecule has 4 rings (SSSR count). The number of rotatable bonds is 6. The Bertz CT molecular complexity index is 1130. The van der Waals surface area contributed by atoms with E-state index < -0.39 is 0 Å². The molecule has 0 spiro atoms. The highest BCUT2D eigenvalue weighted by Crippen LogP contribution is 2.28. The van der Waals surface area contributed by atoms with Crippen molar-refractivity contribution in [3.63, 3.8) is 0 Å². The monoisotopic (exact) mass is 404 g/mol. The summed E-state index contributed by atoms with van der Waals surface area (Å²) in [6.45, 7) is 4.11. The van der Waals surface area contributed by atoms with E-state index in [4.69, 9.17) is 4.52 Å². The number of amides is 1. The van der Waals surface area contributed by atoms with E-state index in [1.807, 2.05) is 35.7 Å². The van der Waals surface area contributed by atoms with Gasteiger partial charge in [-0.3, -0.25) is 4.79 Å². The lowest BCUT2D eigenvalue weighted by atomic mass is 10.0. The smallest absolute Gasteiger partial charge is 0.227 e. The normalized spacial score (nSPS) is 10.8. The van der Waals surface area contributed by atoms with E-state index >= 15 is 0 Å². The number of carbonyl (C=O) groups is 1. The van der Waals surface area contributed by atoms with Gasteiger partial charge in [-0.1, -0.05) is 53.2 Å². The van der Waals surface area contributed by atoms with Crippen molar-refractivity contribution >= 4 is 22.4 Å². The third kappa shape index (κ3) is 4.57. The van der Waals surface area contributed by atoms with Crippen LogP contribution >= 0.6 is 11.3 Å². The summed E-state index contributed by atoms with van der Waals surface area (Å²) in [6, 6.07) is 15.9. The quantitative estimate of drug-likeness (QED) is 0.486. The van der Waals surface area contributed by atoms with Gasteiger partial charge in [0.15, 0.2) is 5.13 Å². The Balaban J connectivity index is 1.35. The third-order valence-corrected chi connectivity index (χ3v) is 5.24. The maximum Gasteiger partial charge on any atom is 0.227 e. The van der Waals surface area contributed by atoms with Crippen LogP contribution in [0.3, 0.4) is 0 Å². The van der Waals surface area contributed by atoms with Gasteiger partial charge in [-0.25, -0.2) is 4.98 Å². The maximum atomic E-state index is 12.3. The number of thiazole rings is 1. The highest BCUT2D eigenvalue weighted by atomic mass is 32.1. The van der Waals surface area contributed by atoms with E-state index in [1.54, 1.807) is 0 Å². The first kappa shape index (κ1) is 19.0. The Morgan fingerprint density at radius 2 is 1.93 bits per heavy atom. The van der Waals surface area contributed by atoms with Crippen LogP contribution in [0.5, 0.6) is 0 Å². The molecule has 0 aliphatic heterocycles. The average Bonchev–Trinajstić information content (AvgIpc) is 3.39. The second-order valence-electron chi connectivity index (χ2n) is 6.78. The van der Waals surface area contributed by atoms with Crippen LogP contribution in [0.2, 0.25) is 0 Å². The van der Waals surface area contributed by atoms with Crippen LogP contribution in [0, 0.1) is 13.8 Å². The summed E-state index contributed by atoms with van der Waals surface area (Å²) in [5.41, 5.74) is 5.17. The van der Waals surface area contributed by atoms with Crippen molar-refractivity contribution in [3.8, 4) is 22.6 Å². The summed E-state index contributed by atoms with van der Waals surface area (Å²) in [5.74, 6) is 0.833. The molecule has 7 heteroatoms. The van der Waals surface area contributed by atoms with E-state index in [0.717, 1.165) is 22.4 Å². The largest absolute Gasteiger partial charge is 0.339 e. The predicted octanol–water partition coefficient (Wildman–Crippen LogP) is 5.05. The van der Waals surface area contributed by atoms with E-state index in [1.165, 1.54) is 16.9 Å². The van der Waals surface area contributed by atoms with Crippen LogP contribution < -0.4 is 5.32 Å². The van der Waals surface area contributed by atoms with Crippen molar-refractivity contribution < 1.29 is 9.32 Å². The fourth-order valence-corrected chi connectivity index (χ4v) is 3.66. The molecule has 1 amide bonds. The van der Waals surface area contributed by atoms with Gasteiger partial charge in [0.25, 0.3) is 0 Å². The zero-order valence-electron chi connectivity index (χ0n) is 16.2. The second-order valence-corrected chi connectivity index (χ2v) is 7.64. The van der Waals surface area contributed by atoms with Crippen molar-refractivity contribution in [3.05, 3.63) is 70.9 Å². The highest BCUT2D eigenvalue weighted by molar-refractivity contribution is 7.14. The number of carbonyl (C=O) groups excluding carboxylic acids is 1. The molecule has 0 aliphatic carbocycles. The SMILES string of the molecule is Cc1ccc(C)c(-c2csc(NC(=O)CCc3nc(-c4ccccc4)no3)n2)c1. The number of aryl methyl sites for hydroxylation is 3. The van der Waals surface area contributed by atoms with Gasteiger partial charge in [0.05, 0.1) is 5.69 Å². The molecule has 2 aromatic heterocycles. The molecule has 0 fully saturated rings. The van der Waals surface area contributed by atoms with Gasteiger partial charge in [0.2, 0.25) is 17.6 Å². The van der Waals surface area contributed by atoms with Crippen LogP contribution in [0.1, 0.15) is 23.4 Å². The summed E-state index contributed by atoms with van der Waals surface area (Å²) < 4.78 is 5.25. The van der Waals surface area contributed by atoms with Crippen LogP contribution in [0.15, 0.2) is 58.4 Å². The fraction of sp³-hybridized carbons (Fsp3) is 0.182. The summed E-state index contributed by atoms with van der Waals surface area (Å²) in [5, 5.41) is 9.37. The molecule has 146 valence electrons. The third-order valence-electron chi connectivity index (χ3n) is 4.49. The summed E-state index contributed by atoms with van der Waals surface area (Å²) >= 11 is 1.42. The zero-order valence-corrected chi connectivity index (χ0v) is 17.0. The van der Waals surface area contributed by atoms with Gasteiger partial charge >= 0.3 is 0 Å². The number of hydrogen-bond acceptors (Lipinski definition) is 6. The fourth-order valence-electron chi connectivity index (χ4n) is 2.93. The van der Waals surface area contributed by atoms with Gasteiger partial charge in [-0.2, -0.15) is 4.98 Å². The van der Waals surface area contributed by atoms with Crippen molar-refractivity contribution in [2.75, 3.05) is 5.32 Å². The summed E-state index contributed by atoms with van der Waals surface area (Å²) in [6.07, 6.45) is 0.621. The average molecular weight is 404 g/mol. The summed E-state index contributed by atoms with van der Waals surface area (Å²) in [4.78, 5) is 21.2. The highest BCUT2D eigenvalue weighted by Gasteiger charge is 2.13. The van der Waals surface area contributed by atoms with E-state index in [0.29, 0.717) is 23.3 Å². The molecule has 6 nitrogen and oxygen atoms in total. The van der Waals surface area contributed by atoms with Crippen molar-refractivity contribution in [1.29, 1.82) is 0 Å². The Kier molecular flexibility index (Phi) is 5.48. The van der Waals surface area contributed by atoms with Gasteiger partial charge < -0.3 is 9.84 Å². The zero-order chi connectivity index (χ0) is 20.2. The van der Waals surface area contributed by atoms with Gasteiger partial charge in [0, 0.05) is 29.3 Å². The van der Waals surface area contributed by atoms with Crippen molar-refractivity contribution in [2.45, 2.75) is 26.7 Å². The summed E-state index contributed by atoms with van der Waals surface area (Å²) in [7, 11) is 0. The standard InChI is InChI=1S/C22H20N4O2S/c1-14-8-9-15(2)17(12-14)18-13-29-22(23-18)24-19(27)10-11-20-25-21(26-28-20)16-6-4-3-5-7-16/h3-9,12-13H,10-11H2,1-2H3,(H,23,24,27). The van der Waals surface area contributed by atoms with Crippen LogP contribution in [-0.2, 0) is 11.2 Å². The number of hydrogen-bond donors (Lipinski definition) is 1. The van der Waals surface area contributed by atoms with Crippen LogP contribution in [0.25, 0.3) is 22.6 Å². The Labute approximate surface area is 172 Å². The number of nitrogens with zero attached hydrogens (tertiary/aromatic N) is 3. The molecular weight excluding hydrogens is 384 g/mol. The molecule has 2 heterocycles. The minimum atomic E-state index is -0.133. The molecule has 0 saturated carbocycles. The molecule has 0 bridgehead atoms. The van der Waals surface area contributed by atoms with Gasteiger partial charge in [-0.15, -0.1) is 11.3 Å². The lowest BCUT2D eigenvalue weighted by Crippen LogP contribution is -2.12. The maximum absolute atomic E-state index is 12.3.